The van der Waals surface area contributed by atoms with Gasteiger partial charge in [-0.3, -0.25) is 14.4 Å². The van der Waals surface area contributed by atoms with E-state index in [1.54, 1.807) is 0 Å². The normalized spacial score (nSPS) is 13.5. The number of ether oxygens (including phenoxy) is 3. The van der Waals surface area contributed by atoms with Gasteiger partial charge in [0.25, 0.3) is 0 Å². The molecule has 0 bridgehead atoms. The molecule has 82 heavy (non-hydrogen) atoms. The topological polar surface area (TPSA) is 78.9 Å². The van der Waals surface area contributed by atoms with Gasteiger partial charge in [-0.1, -0.05) is 286 Å². The van der Waals surface area contributed by atoms with E-state index in [1.807, 2.05) is 12.2 Å². The van der Waals surface area contributed by atoms with Crippen LogP contribution >= 0.6 is 0 Å². The minimum absolute atomic E-state index is 0.124. The Hall–Kier alpha value is -5.75. The fourth-order valence-electron chi connectivity index (χ4n) is 8.08. The van der Waals surface area contributed by atoms with Crippen LogP contribution in [0.3, 0.4) is 0 Å². The van der Waals surface area contributed by atoms with Crippen LogP contribution in [0.25, 0.3) is 0 Å². The van der Waals surface area contributed by atoms with Gasteiger partial charge in [0, 0.05) is 19.3 Å². The molecule has 0 aromatic heterocycles. The van der Waals surface area contributed by atoms with E-state index in [1.165, 1.54) is 44.9 Å². The van der Waals surface area contributed by atoms with Crippen LogP contribution < -0.4 is 0 Å². The molecule has 0 aliphatic heterocycles. The number of esters is 3. The van der Waals surface area contributed by atoms with Gasteiger partial charge in [0.15, 0.2) is 6.10 Å². The van der Waals surface area contributed by atoms with Crippen LogP contribution in [0.2, 0.25) is 0 Å². The van der Waals surface area contributed by atoms with Crippen LogP contribution in [0, 0.1) is 0 Å². The van der Waals surface area contributed by atoms with Crippen molar-refractivity contribution in [2.75, 3.05) is 13.2 Å². The average molecular weight is 1130 g/mol. The number of allylic oxidation sites excluding steroid dienone is 32. The van der Waals surface area contributed by atoms with E-state index in [-0.39, 0.29) is 31.6 Å². The molecule has 0 saturated heterocycles. The lowest BCUT2D eigenvalue weighted by Crippen LogP contribution is -2.30. The first-order chi connectivity index (χ1) is 40.5. The molecule has 0 amide bonds. The average Bonchev–Trinajstić information content (AvgIpc) is 3.48. The molecule has 0 saturated carbocycles. The van der Waals surface area contributed by atoms with Crippen molar-refractivity contribution in [1.29, 1.82) is 0 Å². The molecule has 0 aliphatic carbocycles. The van der Waals surface area contributed by atoms with Crippen LogP contribution in [0.15, 0.2) is 194 Å². The molecule has 6 heteroatoms. The fourth-order valence-corrected chi connectivity index (χ4v) is 8.08. The van der Waals surface area contributed by atoms with Gasteiger partial charge in [-0.05, 0) is 135 Å². The zero-order valence-electron chi connectivity index (χ0n) is 52.2. The highest BCUT2D eigenvalue weighted by Gasteiger charge is 2.19. The number of unbranched alkanes of at least 4 members (excludes halogenated alkanes) is 13. The first-order valence-corrected chi connectivity index (χ1v) is 32.4. The quantitative estimate of drug-likeness (QED) is 0.0261. The maximum atomic E-state index is 12.8. The van der Waals surface area contributed by atoms with Crippen molar-refractivity contribution in [2.45, 2.75) is 252 Å². The smallest absolute Gasteiger partial charge is 0.306 e. The molecule has 0 fully saturated rings. The number of carbonyl (C=O) groups is 3. The van der Waals surface area contributed by atoms with Gasteiger partial charge in [-0.25, -0.2) is 0 Å². The van der Waals surface area contributed by atoms with E-state index >= 15 is 0 Å². The molecule has 0 aliphatic rings. The molecule has 456 valence electrons. The maximum Gasteiger partial charge on any atom is 0.306 e. The molecule has 6 nitrogen and oxygen atoms in total. The summed E-state index contributed by atoms with van der Waals surface area (Å²) in [7, 11) is 0. The zero-order chi connectivity index (χ0) is 59.2. The van der Waals surface area contributed by atoms with Crippen LogP contribution in [0.4, 0.5) is 0 Å². The highest BCUT2D eigenvalue weighted by Crippen LogP contribution is 2.13. The first-order valence-electron chi connectivity index (χ1n) is 32.4. The molecule has 0 N–H and O–H groups in total. The predicted octanol–water partition coefficient (Wildman–Crippen LogP) is 22.6. The van der Waals surface area contributed by atoms with Gasteiger partial charge in [0.2, 0.25) is 0 Å². The lowest BCUT2D eigenvalue weighted by molar-refractivity contribution is -0.166. The zero-order valence-corrected chi connectivity index (χ0v) is 52.2. The van der Waals surface area contributed by atoms with Crippen molar-refractivity contribution in [3.63, 3.8) is 0 Å². The van der Waals surface area contributed by atoms with E-state index in [9.17, 15) is 14.4 Å². The molecule has 0 aromatic carbocycles. The summed E-state index contributed by atoms with van der Waals surface area (Å²) in [5.41, 5.74) is 0. The lowest BCUT2D eigenvalue weighted by atomic mass is 10.1. The second kappa shape index (κ2) is 67.8. The van der Waals surface area contributed by atoms with Gasteiger partial charge in [0.05, 0.1) is 0 Å². The van der Waals surface area contributed by atoms with Crippen molar-refractivity contribution in [3.05, 3.63) is 194 Å². The standard InChI is InChI=1S/C76H116O6/c1-4-7-10-13-16-19-22-24-26-28-30-31-32-33-34-35-36-37-38-39-40-41-42-43-44-45-47-48-50-52-54-57-60-63-66-69-75(78)81-72-73(71-80-74(77)68-65-62-59-56-21-18-15-12-9-6-3)82-76(79)70-67-64-61-58-55-53-51-49-46-29-27-25-23-20-17-14-11-8-5-2/h7-8,10-11,16-17,19-20,24-27,30-31,33-34,36-37,39-40,42-43,45-47,49-50,52-53,55,61,64,73H,4-6,9,12-15,18,21-23,28-29,32,35,38,41,44,48,51,54,56-60,62-63,65-72H2,1-3H3/b10-7-,11-8-,19-16-,20-17-,26-24-,27-25-,31-30-,34-33-,37-36-,40-39-,43-42-,47-45-,49-46-,52-50-,55-53-,64-61-. The molecule has 0 aromatic rings. The van der Waals surface area contributed by atoms with Gasteiger partial charge in [0.1, 0.15) is 13.2 Å². The number of rotatable bonds is 56. The van der Waals surface area contributed by atoms with Crippen molar-refractivity contribution < 1.29 is 28.6 Å². The van der Waals surface area contributed by atoms with Gasteiger partial charge in [-0.2, -0.15) is 0 Å². The fraction of sp³-hybridized carbons (Fsp3) is 0.539. The van der Waals surface area contributed by atoms with E-state index in [4.69, 9.17) is 14.2 Å². The molecule has 1 unspecified atom stereocenters. The summed E-state index contributed by atoms with van der Waals surface area (Å²) in [4.78, 5) is 38.2. The first kappa shape index (κ1) is 76.2. The summed E-state index contributed by atoms with van der Waals surface area (Å²) in [6.07, 6.45) is 103. The second-order valence-corrected chi connectivity index (χ2v) is 20.6. The van der Waals surface area contributed by atoms with Gasteiger partial charge >= 0.3 is 17.9 Å². The van der Waals surface area contributed by atoms with Crippen molar-refractivity contribution in [3.8, 4) is 0 Å². The van der Waals surface area contributed by atoms with Crippen LogP contribution in [0.1, 0.15) is 245 Å². The Balaban J connectivity index is 4.39. The van der Waals surface area contributed by atoms with E-state index < -0.39 is 12.1 Å². The molecular formula is C76H116O6. The largest absolute Gasteiger partial charge is 0.462 e. The molecule has 0 rings (SSSR count). The number of hydrogen-bond acceptors (Lipinski definition) is 6. The summed E-state index contributed by atoms with van der Waals surface area (Å²) in [5, 5.41) is 0. The minimum Gasteiger partial charge on any atom is -0.462 e. The van der Waals surface area contributed by atoms with Crippen molar-refractivity contribution >= 4 is 17.9 Å². The van der Waals surface area contributed by atoms with Crippen molar-refractivity contribution in [1.82, 2.24) is 0 Å². The summed E-state index contributed by atoms with van der Waals surface area (Å²) in [6.45, 7) is 6.30. The number of carbonyl (C=O) groups excluding carboxylic acids is 3. The summed E-state index contributed by atoms with van der Waals surface area (Å²) in [5.74, 6) is -1.05. The SMILES string of the molecule is CC/C=C\C/C=C\C/C=C\C/C=C\C/C=C\C/C=C\C/C=C\C/C=C\C/C=C\C/C=C\CCCCCCC(=O)OCC(COC(=O)CCCCCCCCCCCC)OC(=O)CC/C=C\C/C=C\C/C=C\C/C=C\C/C=C\C/C=C\CC. The molecule has 1 atom stereocenters. The monoisotopic (exact) mass is 1120 g/mol. The Morgan fingerprint density at radius 1 is 0.256 bits per heavy atom. The second-order valence-electron chi connectivity index (χ2n) is 20.6. The van der Waals surface area contributed by atoms with E-state index in [0.29, 0.717) is 19.3 Å². The van der Waals surface area contributed by atoms with Crippen LogP contribution in [0.5, 0.6) is 0 Å². The minimum atomic E-state index is -0.838. The molecular weight excluding hydrogens is 1010 g/mol. The third-order valence-electron chi connectivity index (χ3n) is 12.9. The predicted molar refractivity (Wildman–Crippen MR) is 357 cm³/mol. The van der Waals surface area contributed by atoms with Crippen LogP contribution in [-0.4, -0.2) is 37.2 Å². The highest BCUT2D eigenvalue weighted by molar-refractivity contribution is 5.71. The molecule has 0 heterocycles. The summed E-state index contributed by atoms with van der Waals surface area (Å²) >= 11 is 0. The summed E-state index contributed by atoms with van der Waals surface area (Å²) < 4.78 is 16.8. The lowest BCUT2D eigenvalue weighted by Gasteiger charge is -2.18. The Kier molecular flexibility index (Phi) is 63.0. The third-order valence-corrected chi connectivity index (χ3v) is 12.9. The highest BCUT2D eigenvalue weighted by atomic mass is 16.6. The van der Waals surface area contributed by atoms with Crippen LogP contribution in [-0.2, 0) is 28.6 Å². The molecule has 0 spiro atoms. The van der Waals surface area contributed by atoms with E-state index in [0.717, 1.165) is 154 Å². The van der Waals surface area contributed by atoms with Gasteiger partial charge in [-0.15, -0.1) is 0 Å². The Morgan fingerprint density at radius 3 is 0.793 bits per heavy atom. The third kappa shape index (κ3) is 65.1. The summed E-state index contributed by atoms with van der Waals surface area (Å²) in [6, 6.07) is 0. The van der Waals surface area contributed by atoms with E-state index in [2.05, 4.69) is 203 Å². The Labute approximate surface area is 503 Å². The van der Waals surface area contributed by atoms with Crippen molar-refractivity contribution in [2.24, 2.45) is 0 Å². The molecule has 0 radical (unpaired) electrons. The number of hydrogen-bond donors (Lipinski definition) is 0. The maximum absolute atomic E-state index is 12.8. The van der Waals surface area contributed by atoms with Gasteiger partial charge < -0.3 is 14.2 Å². The Morgan fingerprint density at radius 2 is 0.500 bits per heavy atom. The Bertz CT molecular complexity index is 1970.